The van der Waals surface area contributed by atoms with Gasteiger partial charge in [-0.15, -0.1) is 0 Å². The zero-order valence-corrected chi connectivity index (χ0v) is 10.2. The van der Waals surface area contributed by atoms with Crippen molar-refractivity contribution >= 4 is 9.84 Å². The second-order valence-electron chi connectivity index (χ2n) is 4.29. The highest BCUT2D eigenvalue weighted by molar-refractivity contribution is 7.92. The molecule has 1 aromatic heterocycles. The molecule has 1 aromatic rings. The van der Waals surface area contributed by atoms with Crippen LogP contribution in [0.2, 0.25) is 0 Å². The van der Waals surface area contributed by atoms with Gasteiger partial charge in [-0.3, -0.25) is 0 Å². The van der Waals surface area contributed by atoms with Crippen molar-refractivity contribution in [2.24, 2.45) is 0 Å². The number of hydrogen-bond acceptors (Lipinski definition) is 4. The summed E-state index contributed by atoms with van der Waals surface area (Å²) in [5.41, 5.74) is 1.10. The number of rotatable bonds is 4. The van der Waals surface area contributed by atoms with Crippen LogP contribution in [0.1, 0.15) is 24.2 Å². The minimum absolute atomic E-state index is 0.206. The predicted octanol–water partition coefficient (Wildman–Crippen LogP) is 1.25. The van der Waals surface area contributed by atoms with Gasteiger partial charge in [0.2, 0.25) is 0 Å². The Morgan fingerprint density at radius 3 is 2.94 bits per heavy atom. The van der Waals surface area contributed by atoms with Gasteiger partial charge in [-0.2, -0.15) is 0 Å². The molecule has 0 saturated carbocycles. The lowest BCUT2D eigenvalue weighted by atomic mass is 10.2. The molecule has 1 unspecified atom stereocenters. The lowest BCUT2D eigenvalue weighted by Crippen LogP contribution is -2.30. The molecule has 4 nitrogen and oxygen atoms in total. The van der Waals surface area contributed by atoms with Crippen LogP contribution in [0.5, 0.6) is 0 Å². The second kappa shape index (κ2) is 4.59. The summed E-state index contributed by atoms with van der Waals surface area (Å²) in [6.45, 7) is 3.11. The summed E-state index contributed by atoms with van der Waals surface area (Å²) in [5.74, 6) is 1.23. The van der Waals surface area contributed by atoms with Crippen molar-refractivity contribution in [3.8, 4) is 0 Å². The summed E-state index contributed by atoms with van der Waals surface area (Å²) >= 11 is 0. The zero-order valence-electron chi connectivity index (χ0n) is 9.40. The Bertz CT molecular complexity index is 450. The minimum Gasteiger partial charge on any atom is -0.468 e. The smallest absolute Gasteiger partial charge is 0.154 e. The van der Waals surface area contributed by atoms with Crippen LogP contribution in [0.15, 0.2) is 16.7 Å². The van der Waals surface area contributed by atoms with Gasteiger partial charge < -0.3 is 9.73 Å². The first kappa shape index (κ1) is 11.7. The van der Waals surface area contributed by atoms with E-state index >= 15 is 0 Å². The zero-order chi connectivity index (χ0) is 11.6. The van der Waals surface area contributed by atoms with E-state index in [-0.39, 0.29) is 5.25 Å². The number of hydrogen-bond donors (Lipinski definition) is 1. The third kappa shape index (κ3) is 2.47. The Balaban J connectivity index is 1.83. The molecular formula is C11H17NO3S. The number of furan rings is 1. The van der Waals surface area contributed by atoms with E-state index in [0.29, 0.717) is 18.8 Å². The predicted molar refractivity (Wildman–Crippen MR) is 62.0 cm³/mol. The van der Waals surface area contributed by atoms with Crippen LogP contribution in [-0.4, -0.2) is 26.0 Å². The Hall–Kier alpha value is -0.810. The van der Waals surface area contributed by atoms with Gasteiger partial charge in [0.05, 0.1) is 23.8 Å². The molecule has 1 fully saturated rings. The summed E-state index contributed by atoms with van der Waals surface area (Å²) in [5, 5.41) is 2.95. The van der Waals surface area contributed by atoms with Crippen molar-refractivity contribution < 1.29 is 12.8 Å². The third-order valence-electron chi connectivity index (χ3n) is 3.09. The monoisotopic (exact) mass is 243 g/mol. The van der Waals surface area contributed by atoms with Crippen LogP contribution in [-0.2, 0) is 16.4 Å². The summed E-state index contributed by atoms with van der Waals surface area (Å²) < 4.78 is 28.4. The molecule has 1 atom stereocenters. The molecule has 0 spiro atoms. The highest BCUT2D eigenvalue weighted by Gasteiger charge is 2.30. The van der Waals surface area contributed by atoms with Gasteiger partial charge in [-0.05, 0) is 31.4 Å². The molecule has 1 N–H and O–H groups in total. The number of nitrogens with one attached hydrogen (secondary N) is 1. The normalized spacial score (nSPS) is 23.7. The van der Waals surface area contributed by atoms with Crippen molar-refractivity contribution in [2.45, 2.75) is 31.6 Å². The fourth-order valence-electron chi connectivity index (χ4n) is 2.02. The minimum atomic E-state index is -2.83. The van der Waals surface area contributed by atoms with Gasteiger partial charge in [-0.25, -0.2) is 8.42 Å². The van der Waals surface area contributed by atoms with Crippen LogP contribution < -0.4 is 5.32 Å². The largest absolute Gasteiger partial charge is 0.468 e. The van der Waals surface area contributed by atoms with Crippen LogP contribution in [0.3, 0.4) is 0 Å². The van der Waals surface area contributed by atoms with Crippen molar-refractivity contribution in [3.05, 3.63) is 23.7 Å². The van der Waals surface area contributed by atoms with Gasteiger partial charge in [0, 0.05) is 6.54 Å². The number of sulfone groups is 1. The third-order valence-corrected chi connectivity index (χ3v) is 5.36. The Morgan fingerprint density at radius 1 is 1.56 bits per heavy atom. The maximum Gasteiger partial charge on any atom is 0.154 e. The summed E-state index contributed by atoms with van der Waals surface area (Å²) in [4.78, 5) is 0. The molecule has 2 heterocycles. The van der Waals surface area contributed by atoms with Crippen LogP contribution >= 0.6 is 0 Å². The van der Waals surface area contributed by atoms with Crippen LogP contribution in [0.25, 0.3) is 0 Å². The Labute approximate surface area is 95.9 Å². The maximum atomic E-state index is 11.6. The average molecular weight is 243 g/mol. The van der Waals surface area contributed by atoms with E-state index in [4.69, 9.17) is 4.42 Å². The lowest BCUT2D eigenvalue weighted by Gasteiger charge is -2.09. The van der Waals surface area contributed by atoms with E-state index in [2.05, 4.69) is 5.32 Å². The van der Waals surface area contributed by atoms with Crippen molar-refractivity contribution in [1.29, 1.82) is 0 Å². The molecule has 0 radical (unpaired) electrons. The average Bonchev–Trinajstić information content (AvgIpc) is 2.75. The second-order valence-corrected chi connectivity index (χ2v) is 6.69. The fraction of sp³-hybridized carbons (Fsp3) is 0.636. The van der Waals surface area contributed by atoms with E-state index in [1.165, 1.54) is 0 Å². The standard InChI is InChI=1S/C11H17NO3S/c1-9-4-5-15-11(9)8-12-7-10-3-2-6-16(10,13)14/h4-5,10,12H,2-3,6-8H2,1H3. The van der Waals surface area contributed by atoms with Crippen LogP contribution in [0.4, 0.5) is 0 Å². The molecule has 90 valence electrons. The summed E-state index contributed by atoms with van der Waals surface area (Å²) in [6, 6.07) is 1.91. The van der Waals surface area contributed by atoms with E-state index in [1.807, 2.05) is 13.0 Å². The first-order valence-electron chi connectivity index (χ1n) is 5.55. The lowest BCUT2D eigenvalue weighted by molar-refractivity contribution is 0.476. The fourth-order valence-corrected chi connectivity index (χ4v) is 3.82. The molecule has 1 aliphatic rings. The molecule has 0 aromatic carbocycles. The van der Waals surface area contributed by atoms with Gasteiger partial charge in [-0.1, -0.05) is 0 Å². The SMILES string of the molecule is Cc1ccoc1CNCC1CCCS1(=O)=O. The summed E-state index contributed by atoms with van der Waals surface area (Å²) in [7, 11) is -2.83. The van der Waals surface area contributed by atoms with E-state index in [9.17, 15) is 8.42 Å². The van der Waals surface area contributed by atoms with Crippen LogP contribution in [0, 0.1) is 6.92 Å². The first-order chi connectivity index (χ1) is 7.59. The molecule has 0 amide bonds. The van der Waals surface area contributed by atoms with Crippen molar-refractivity contribution in [2.75, 3.05) is 12.3 Å². The Morgan fingerprint density at radius 2 is 2.38 bits per heavy atom. The van der Waals surface area contributed by atoms with Gasteiger partial charge in [0.25, 0.3) is 0 Å². The van der Waals surface area contributed by atoms with E-state index in [0.717, 1.165) is 24.2 Å². The van der Waals surface area contributed by atoms with Crippen molar-refractivity contribution in [1.82, 2.24) is 5.32 Å². The highest BCUT2D eigenvalue weighted by atomic mass is 32.2. The highest BCUT2D eigenvalue weighted by Crippen LogP contribution is 2.19. The molecule has 0 bridgehead atoms. The van der Waals surface area contributed by atoms with Gasteiger partial charge >= 0.3 is 0 Å². The topological polar surface area (TPSA) is 59.3 Å². The number of aryl methyl sites for hydroxylation is 1. The Kier molecular flexibility index (Phi) is 3.35. The quantitative estimate of drug-likeness (QED) is 0.864. The molecule has 16 heavy (non-hydrogen) atoms. The van der Waals surface area contributed by atoms with Crippen molar-refractivity contribution in [3.63, 3.8) is 0 Å². The summed E-state index contributed by atoms with van der Waals surface area (Å²) in [6.07, 6.45) is 3.24. The van der Waals surface area contributed by atoms with E-state index in [1.54, 1.807) is 6.26 Å². The molecule has 5 heteroatoms. The molecule has 2 rings (SSSR count). The molecule has 1 saturated heterocycles. The van der Waals surface area contributed by atoms with Gasteiger partial charge in [0.15, 0.2) is 9.84 Å². The molecule has 0 aliphatic carbocycles. The molecular weight excluding hydrogens is 226 g/mol. The molecule has 1 aliphatic heterocycles. The van der Waals surface area contributed by atoms with E-state index < -0.39 is 9.84 Å². The van der Waals surface area contributed by atoms with Gasteiger partial charge in [0.1, 0.15) is 5.76 Å². The first-order valence-corrected chi connectivity index (χ1v) is 7.26. The maximum absolute atomic E-state index is 11.6.